The zero-order valence-electron chi connectivity index (χ0n) is 22.7. The van der Waals surface area contributed by atoms with E-state index in [1.54, 1.807) is 17.0 Å². The fourth-order valence-corrected chi connectivity index (χ4v) is 5.96. The highest BCUT2D eigenvalue weighted by atomic mass is 32.2. The quantitative estimate of drug-likeness (QED) is 0.457. The van der Waals surface area contributed by atoms with E-state index < -0.39 is 22.0 Å². The number of hydrogen-bond donors (Lipinski definition) is 1. The van der Waals surface area contributed by atoms with Crippen LogP contribution in [0.25, 0.3) is 0 Å². The standard InChI is InChI=1S/C29H41N3O4S/c1-6-26(29(34)30-24-14-7-8-15-24)31(19-23-13-11-12-22(4)18-23)28(33)20-32(37(5,35)36)27-17-10-9-16-25(27)21(2)3/h9-13,16-18,21,24,26H,6-8,14-15,19-20H2,1-5H3,(H,30,34). The molecule has 3 rings (SSSR count). The summed E-state index contributed by atoms with van der Waals surface area (Å²) in [4.78, 5) is 28.9. The van der Waals surface area contributed by atoms with Crippen molar-refractivity contribution in [3.8, 4) is 0 Å². The minimum atomic E-state index is -3.77. The molecular formula is C29H41N3O4S. The van der Waals surface area contributed by atoms with Crippen molar-refractivity contribution in [2.24, 2.45) is 0 Å². The number of carbonyl (C=O) groups is 2. The van der Waals surface area contributed by atoms with Gasteiger partial charge in [-0.25, -0.2) is 8.42 Å². The van der Waals surface area contributed by atoms with Gasteiger partial charge in [0, 0.05) is 12.6 Å². The second-order valence-corrected chi connectivity index (χ2v) is 12.3. The van der Waals surface area contributed by atoms with Crippen molar-refractivity contribution in [3.63, 3.8) is 0 Å². The van der Waals surface area contributed by atoms with Gasteiger partial charge in [0.05, 0.1) is 11.9 Å². The molecule has 2 amide bonds. The number of nitrogens with one attached hydrogen (secondary N) is 1. The van der Waals surface area contributed by atoms with Gasteiger partial charge < -0.3 is 10.2 Å². The van der Waals surface area contributed by atoms with Crippen LogP contribution in [0.1, 0.15) is 75.5 Å². The number of nitrogens with zero attached hydrogens (tertiary/aromatic N) is 2. The molecule has 0 bridgehead atoms. The van der Waals surface area contributed by atoms with Gasteiger partial charge in [0.2, 0.25) is 21.8 Å². The van der Waals surface area contributed by atoms with Crippen molar-refractivity contribution in [2.75, 3.05) is 17.1 Å². The molecule has 2 aromatic rings. The van der Waals surface area contributed by atoms with Crippen LogP contribution in [0.3, 0.4) is 0 Å². The minimum Gasteiger partial charge on any atom is -0.352 e. The summed E-state index contributed by atoms with van der Waals surface area (Å²) in [5.41, 5.74) is 3.29. The summed E-state index contributed by atoms with van der Waals surface area (Å²) in [5.74, 6) is -0.512. The number of benzene rings is 2. The van der Waals surface area contributed by atoms with Gasteiger partial charge >= 0.3 is 0 Å². The first-order valence-corrected chi connectivity index (χ1v) is 15.1. The lowest BCUT2D eigenvalue weighted by Crippen LogP contribution is -2.53. The Morgan fingerprint density at radius 1 is 1.05 bits per heavy atom. The molecule has 7 nitrogen and oxygen atoms in total. The summed E-state index contributed by atoms with van der Waals surface area (Å²) in [5, 5.41) is 3.14. The number of anilines is 1. The molecule has 0 aliphatic heterocycles. The van der Waals surface area contributed by atoms with Gasteiger partial charge in [0.1, 0.15) is 12.6 Å². The number of aryl methyl sites for hydroxylation is 1. The number of hydrogen-bond acceptors (Lipinski definition) is 4. The van der Waals surface area contributed by atoms with E-state index in [0.717, 1.165) is 48.6 Å². The molecule has 0 aromatic heterocycles. The van der Waals surface area contributed by atoms with E-state index in [0.29, 0.717) is 12.1 Å². The van der Waals surface area contributed by atoms with Gasteiger partial charge in [-0.15, -0.1) is 0 Å². The van der Waals surface area contributed by atoms with Crippen LogP contribution in [-0.2, 0) is 26.2 Å². The summed E-state index contributed by atoms with van der Waals surface area (Å²) < 4.78 is 27.1. The highest BCUT2D eigenvalue weighted by molar-refractivity contribution is 7.92. The van der Waals surface area contributed by atoms with E-state index in [9.17, 15) is 18.0 Å². The molecule has 1 N–H and O–H groups in total. The summed E-state index contributed by atoms with van der Waals surface area (Å²) in [6.45, 7) is 7.70. The normalized spacial score (nSPS) is 15.0. The second-order valence-electron chi connectivity index (χ2n) is 10.4. The van der Waals surface area contributed by atoms with Crippen molar-refractivity contribution < 1.29 is 18.0 Å². The summed E-state index contributed by atoms with van der Waals surface area (Å²) in [6.07, 6.45) is 5.62. The largest absolute Gasteiger partial charge is 0.352 e. The van der Waals surface area contributed by atoms with Gasteiger partial charge in [-0.2, -0.15) is 0 Å². The lowest BCUT2D eigenvalue weighted by molar-refractivity contribution is -0.140. The molecule has 0 saturated heterocycles. The number of carbonyl (C=O) groups excluding carboxylic acids is 2. The van der Waals surface area contributed by atoms with Crippen LogP contribution >= 0.6 is 0 Å². The molecule has 1 fully saturated rings. The van der Waals surface area contributed by atoms with Crippen LogP contribution < -0.4 is 9.62 Å². The fourth-order valence-electron chi connectivity index (χ4n) is 5.09. The van der Waals surface area contributed by atoms with Crippen LogP contribution in [0.5, 0.6) is 0 Å². The maximum atomic E-state index is 13.9. The Labute approximate surface area is 222 Å². The number of para-hydroxylation sites is 1. The Hall–Kier alpha value is -2.87. The van der Waals surface area contributed by atoms with Crippen molar-refractivity contribution in [1.82, 2.24) is 10.2 Å². The molecule has 202 valence electrons. The van der Waals surface area contributed by atoms with Gasteiger partial charge in [-0.3, -0.25) is 13.9 Å². The first-order valence-electron chi connectivity index (χ1n) is 13.2. The maximum Gasteiger partial charge on any atom is 0.244 e. The predicted octanol–water partition coefficient (Wildman–Crippen LogP) is 4.75. The molecule has 1 atom stereocenters. The molecular weight excluding hydrogens is 486 g/mol. The lowest BCUT2D eigenvalue weighted by Gasteiger charge is -2.34. The number of sulfonamides is 1. The first-order chi connectivity index (χ1) is 17.5. The highest BCUT2D eigenvalue weighted by Crippen LogP contribution is 2.29. The van der Waals surface area contributed by atoms with E-state index in [4.69, 9.17) is 0 Å². The van der Waals surface area contributed by atoms with Crippen LogP contribution in [-0.4, -0.2) is 50.0 Å². The van der Waals surface area contributed by atoms with E-state index in [2.05, 4.69) is 5.32 Å². The Kier molecular flexibility index (Phi) is 9.76. The lowest BCUT2D eigenvalue weighted by atomic mass is 10.0. The molecule has 1 aliphatic rings. The van der Waals surface area contributed by atoms with Crippen molar-refractivity contribution >= 4 is 27.5 Å². The smallest absolute Gasteiger partial charge is 0.244 e. The van der Waals surface area contributed by atoms with Crippen molar-refractivity contribution in [3.05, 3.63) is 65.2 Å². The second kappa shape index (κ2) is 12.6. The van der Waals surface area contributed by atoms with Crippen LogP contribution in [0.2, 0.25) is 0 Å². The average molecular weight is 528 g/mol. The number of rotatable bonds is 11. The Bertz CT molecular complexity index is 1190. The van der Waals surface area contributed by atoms with E-state index >= 15 is 0 Å². The zero-order chi connectivity index (χ0) is 27.2. The SMILES string of the molecule is CCC(C(=O)NC1CCCC1)N(Cc1cccc(C)c1)C(=O)CN(c1ccccc1C(C)C)S(C)(=O)=O. The van der Waals surface area contributed by atoms with Crippen LogP contribution in [0, 0.1) is 6.92 Å². The topological polar surface area (TPSA) is 86.8 Å². The van der Waals surface area contributed by atoms with E-state index in [1.165, 1.54) is 4.31 Å². The van der Waals surface area contributed by atoms with E-state index in [1.807, 2.05) is 64.1 Å². The Morgan fingerprint density at radius 2 is 1.73 bits per heavy atom. The zero-order valence-corrected chi connectivity index (χ0v) is 23.6. The van der Waals surface area contributed by atoms with Crippen LogP contribution in [0.4, 0.5) is 5.69 Å². The monoisotopic (exact) mass is 527 g/mol. The Morgan fingerprint density at radius 3 is 2.32 bits per heavy atom. The molecule has 1 aliphatic carbocycles. The number of amides is 2. The molecule has 1 unspecified atom stereocenters. The molecule has 37 heavy (non-hydrogen) atoms. The third-order valence-electron chi connectivity index (χ3n) is 7.03. The molecule has 1 saturated carbocycles. The highest BCUT2D eigenvalue weighted by Gasteiger charge is 2.33. The van der Waals surface area contributed by atoms with E-state index in [-0.39, 0.29) is 31.0 Å². The minimum absolute atomic E-state index is 0.0690. The summed E-state index contributed by atoms with van der Waals surface area (Å²) in [6, 6.07) is 14.5. The van der Waals surface area contributed by atoms with Gasteiger partial charge in [0.25, 0.3) is 0 Å². The Balaban J connectivity index is 1.97. The van der Waals surface area contributed by atoms with Gasteiger partial charge in [-0.05, 0) is 49.3 Å². The van der Waals surface area contributed by atoms with Crippen LogP contribution in [0.15, 0.2) is 48.5 Å². The molecule has 2 aromatic carbocycles. The molecule has 0 heterocycles. The predicted molar refractivity (Wildman–Crippen MR) is 149 cm³/mol. The third kappa shape index (κ3) is 7.57. The maximum absolute atomic E-state index is 13.9. The molecule has 8 heteroatoms. The van der Waals surface area contributed by atoms with Gasteiger partial charge in [-0.1, -0.05) is 81.6 Å². The molecule has 0 radical (unpaired) electrons. The molecule has 0 spiro atoms. The average Bonchev–Trinajstić information content (AvgIpc) is 3.34. The summed E-state index contributed by atoms with van der Waals surface area (Å²) >= 11 is 0. The van der Waals surface area contributed by atoms with Crippen molar-refractivity contribution in [2.45, 2.75) is 84.3 Å². The first kappa shape index (κ1) is 28.7. The fraction of sp³-hybridized carbons (Fsp3) is 0.517. The third-order valence-corrected chi connectivity index (χ3v) is 8.16. The summed E-state index contributed by atoms with van der Waals surface area (Å²) in [7, 11) is -3.77. The van der Waals surface area contributed by atoms with Crippen molar-refractivity contribution in [1.29, 1.82) is 0 Å². The van der Waals surface area contributed by atoms with Gasteiger partial charge in [0.15, 0.2) is 0 Å².